The summed E-state index contributed by atoms with van der Waals surface area (Å²) in [6.45, 7) is 30.0. The lowest BCUT2D eigenvalue weighted by Crippen LogP contribution is -2.44. The average Bonchev–Trinajstić information content (AvgIpc) is 1.63. The SMILES string of the molecule is CNC(=O)c1cc(-c2nc(N=S(C)(C)=O)cc(N3CCOC[C@H]3C)n2)cc(C)n1.C[C@@H]1COCCN1c1cc(N=S(C)(C)=O)nc(-n2cnc3ccccc32)n1.Cc1cc(-c2nc(N=S(C)(C)=O)cc(N3CCOC[C@H]3C)n2)cc(N)n1.Cc1ccc2c(c1)nc(C)n2-c1nc(N=S(C)(C)=O)cc(N2CCOC[C@H]2C)n1.Cc1ccc2c(c1)ncn2-c1nc(N=S(C)(C)=O)cc(N2CCOC[C@H]2C)n1. The fourth-order valence-electron chi connectivity index (χ4n) is 15.9. The van der Waals surface area contributed by atoms with E-state index >= 15 is 0 Å². The van der Waals surface area contributed by atoms with Crippen LogP contribution in [0.2, 0.25) is 0 Å². The van der Waals surface area contributed by atoms with Crippen molar-refractivity contribution in [1.82, 2.24) is 93.8 Å². The zero-order chi connectivity index (χ0) is 99.7. The molecule has 18 rings (SSSR count). The first kappa shape index (κ1) is 102. The van der Waals surface area contributed by atoms with Gasteiger partial charge in [0.2, 0.25) is 17.8 Å². The molecule has 3 N–H and O–H groups in total. The predicted molar refractivity (Wildman–Crippen MR) is 551 cm³/mol. The van der Waals surface area contributed by atoms with Crippen LogP contribution in [0.3, 0.4) is 0 Å². The molecule has 0 radical (unpaired) electrons. The summed E-state index contributed by atoms with van der Waals surface area (Å²) < 4.78 is 116. The Labute approximate surface area is 812 Å². The quantitative estimate of drug-likeness (QED) is 0.0907. The van der Waals surface area contributed by atoms with Crippen LogP contribution >= 0.6 is 0 Å². The molecule has 5 fully saturated rings. The number of carbonyl (C=O) groups excluding carboxylic acids is 1. The van der Waals surface area contributed by atoms with Crippen molar-refractivity contribution in [2.24, 2.45) is 21.8 Å². The number of nitrogens with zero attached hydrogens (tertiary/aromatic N) is 28. The molecule has 5 atom stereocenters. The maximum atomic E-state index is 12.3. The molecule has 0 bridgehead atoms. The molecular formula is C93H122N30O11S5. The van der Waals surface area contributed by atoms with E-state index in [2.05, 4.69) is 136 Å². The molecule has 41 nitrogen and oxygen atoms in total. The van der Waals surface area contributed by atoms with Gasteiger partial charge in [0.1, 0.15) is 59.1 Å². The second kappa shape index (κ2) is 43.5. The standard InChI is InChI=1S/C20H26N6O2S.C19H26N6O3S.C19H24N6O2S.C18H22N6O2S.C17H24N6O2S/c1-13-6-7-17-16(10-13)21-15(3)26(17)20-22-18(24-29(4,5)27)11-19(23-20)25-8-9-28-12-14(25)2;1-12-8-14(9-15(21-12)19(26)20-3)18-22-16(24-29(4,5)27)10-17(23-18)25-6-7-28-11-13(25)2;1-13-5-6-16-15(9-13)20-12-25(16)19-21-17(23-28(3,4)26)10-18(22-19)24-7-8-27-11-14(24)2;1-13-11-26-9-8-23(13)17-10-16(22-27(2,3)25)20-18(21-17)24-12-19-14-6-4-5-7-15(14)24;1-11-7-13(8-14(18)19-11)17-20-15(22-26(3,4)24)9-16(21-17)23-5-6-25-10-12(23)2/h6-7,10-11,14H,8-9,12H2,1-5H3;8-10,13H,6-7,11H2,1-5H3,(H,20,26);5-6,9-10,12,14H,7-8,11H2,1-4H3;4-7,10,12-13H,8-9,11H2,1-3H3;7-9,12H,5-6,10H2,1-4H3,(H2,18,19)/t14-;13-;14-;13-;12-/m11111/s1. The highest BCUT2D eigenvalue weighted by molar-refractivity contribution is 7.93. The first-order valence-corrected chi connectivity index (χ1v) is 56.8. The summed E-state index contributed by atoms with van der Waals surface area (Å²) in [4.78, 5) is 91.4. The van der Waals surface area contributed by atoms with Crippen LogP contribution < -0.4 is 35.6 Å². The first-order valence-electron chi connectivity index (χ1n) is 45.1. The maximum absolute atomic E-state index is 12.3. The monoisotopic (exact) mass is 1990 g/mol. The number of rotatable bonds is 16. The van der Waals surface area contributed by atoms with Crippen molar-refractivity contribution in [2.45, 2.75) is 99.4 Å². The third-order valence-electron chi connectivity index (χ3n) is 22.0. The van der Waals surface area contributed by atoms with Gasteiger partial charge in [-0.15, -0.1) is 0 Å². The number of aryl methyl sites for hydroxylation is 5. The summed E-state index contributed by atoms with van der Waals surface area (Å²) in [6, 6.07) is 36.8. The molecule has 46 heteroatoms. The van der Waals surface area contributed by atoms with Crippen LogP contribution in [0.1, 0.15) is 73.4 Å². The number of imidazole rings is 3. The van der Waals surface area contributed by atoms with Crippen molar-refractivity contribution in [2.75, 3.05) is 199 Å². The van der Waals surface area contributed by atoms with Gasteiger partial charge in [-0.1, -0.05) is 24.3 Å². The van der Waals surface area contributed by atoms with Crippen molar-refractivity contribution >= 4 is 152 Å². The van der Waals surface area contributed by atoms with Crippen molar-refractivity contribution in [3.63, 3.8) is 0 Å². The van der Waals surface area contributed by atoms with E-state index in [1.807, 2.05) is 114 Å². The first-order chi connectivity index (χ1) is 65.8. The number of hydrogen-bond donors (Lipinski definition) is 2. The lowest BCUT2D eigenvalue weighted by atomic mass is 10.1. The van der Waals surface area contributed by atoms with Gasteiger partial charge < -0.3 is 59.2 Å². The summed E-state index contributed by atoms with van der Waals surface area (Å²) in [5.41, 5.74) is 16.7. The van der Waals surface area contributed by atoms with E-state index in [4.69, 9.17) is 54.3 Å². The maximum Gasteiger partial charge on any atom is 0.269 e. The highest BCUT2D eigenvalue weighted by atomic mass is 32.2. The average molecular weight is 2000 g/mol. The molecule has 5 aliphatic heterocycles. The fraction of sp³-hybridized carbons (Fsp3) is 0.441. The van der Waals surface area contributed by atoms with Gasteiger partial charge in [-0.05, 0) is 141 Å². The number of anilines is 6. The van der Waals surface area contributed by atoms with E-state index in [9.17, 15) is 25.8 Å². The van der Waals surface area contributed by atoms with Crippen LogP contribution in [-0.4, -0.2) is 314 Å². The second-order valence-electron chi connectivity index (χ2n) is 36.0. The van der Waals surface area contributed by atoms with Crippen LogP contribution in [0.4, 0.5) is 64.0 Å². The van der Waals surface area contributed by atoms with E-state index in [-0.39, 0.29) is 41.8 Å². The number of pyridine rings is 2. The van der Waals surface area contributed by atoms with Gasteiger partial charge in [-0.2, -0.15) is 51.7 Å². The van der Waals surface area contributed by atoms with Gasteiger partial charge in [-0.25, -0.2) is 65.9 Å². The Hall–Kier alpha value is -12.4. The number of carbonyl (C=O) groups is 1. The lowest BCUT2D eigenvalue weighted by molar-refractivity contribution is 0.0957. The topological polar surface area (TPSA) is 473 Å². The molecule has 5 aliphatic rings. The normalized spacial score (nSPS) is 17.7. The molecule has 10 aromatic heterocycles. The van der Waals surface area contributed by atoms with Crippen LogP contribution in [0.5, 0.6) is 0 Å². The minimum atomic E-state index is -2.41. The minimum absolute atomic E-state index is 0.132. The summed E-state index contributed by atoms with van der Waals surface area (Å²) >= 11 is 0. The smallest absolute Gasteiger partial charge is 0.269 e. The molecule has 3 aromatic carbocycles. The molecule has 740 valence electrons. The second-order valence-corrected chi connectivity index (χ2v) is 48.7. The van der Waals surface area contributed by atoms with Crippen molar-refractivity contribution < 1.29 is 49.5 Å². The number of nitrogens with two attached hydrogens (primary N) is 1. The summed E-state index contributed by atoms with van der Waals surface area (Å²) in [6.07, 6.45) is 19.3. The van der Waals surface area contributed by atoms with Crippen molar-refractivity contribution in [3.05, 3.63) is 162 Å². The number of aromatic nitrogens is 18. The van der Waals surface area contributed by atoms with Gasteiger partial charge in [0.25, 0.3) is 5.91 Å². The highest BCUT2D eigenvalue weighted by Crippen LogP contribution is 2.35. The molecule has 0 spiro atoms. The summed E-state index contributed by atoms with van der Waals surface area (Å²) in [5, 5.41) is 2.58. The number of nitrogen functional groups attached to an aromatic ring is 1. The zero-order valence-corrected chi connectivity index (χ0v) is 86.3. The van der Waals surface area contributed by atoms with Crippen LogP contribution in [0.15, 0.2) is 150 Å². The molecule has 15 heterocycles. The Bertz CT molecular complexity index is 7380. The van der Waals surface area contributed by atoms with Gasteiger partial charge >= 0.3 is 0 Å². The number of hydrogen-bond acceptors (Lipinski definition) is 37. The number of morpholine rings is 5. The number of nitrogens with one attached hydrogen (secondary N) is 1. The Kier molecular flexibility index (Phi) is 32.1. The molecule has 5 saturated heterocycles. The highest BCUT2D eigenvalue weighted by Gasteiger charge is 2.30. The summed E-state index contributed by atoms with van der Waals surface area (Å²) in [7, 11) is -10.3. The fourth-order valence-corrected chi connectivity index (χ4v) is 18.6. The van der Waals surface area contributed by atoms with Crippen molar-refractivity contribution in [1.29, 1.82) is 0 Å². The van der Waals surface area contributed by atoms with E-state index in [0.717, 1.165) is 111 Å². The molecule has 13 aromatic rings. The number of fused-ring (bicyclic) bond motifs is 3. The summed E-state index contributed by atoms with van der Waals surface area (Å²) in [5.74, 6) is 8.82. The minimum Gasteiger partial charge on any atom is -0.384 e. The molecule has 1 amide bonds. The number of para-hydroxylation sites is 2. The Morgan fingerprint density at radius 1 is 0.367 bits per heavy atom. The number of ether oxygens (including phenoxy) is 5. The number of benzene rings is 3. The van der Waals surface area contributed by atoms with Gasteiger partial charge in [-0.3, -0.25) is 18.5 Å². The largest absolute Gasteiger partial charge is 0.384 e. The van der Waals surface area contributed by atoms with E-state index < -0.39 is 48.6 Å². The van der Waals surface area contributed by atoms with Crippen LogP contribution in [0.25, 0.3) is 73.7 Å². The van der Waals surface area contributed by atoms with Gasteiger partial charge in [0.15, 0.2) is 40.7 Å². The van der Waals surface area contributed by atoms with Gasteiger partial charge in [0, 0.05) is 204 Å². The predicted octanol–water partition coefficient (Wildman–Crippen LogP) is 11.9. The Morgan fingerprint density at radius 3 is 1.09 bits per heavy atom. The molecule has 139 heavy (non-hydrogen) atoms. The third-order valence-corrected chi connectivity index (χ3v) is 25.1. The third kappa shape index (κ3) is 27.4. The zero-order valence-electron chi connectivity index (χ0n) is 82.2. The van der Waals surface area contributed by atoms with E-state index in [1.54, 1.807) is 132 Å². The molecular weight excluding hydrogens is 1870 g/mol. The number of amides is 1. The van der Waals surface area contributed by atoms with Crippen molar-refractivity contribution in [3.8, 4) is 40.6 Å². The van der Waals surface area contributed by atoms with Crippen LogP contribution in [-0.2, 0) is 72.3 Å². The Balaban J connectivity index is 0.000000139. The Morgan fingerprint density at radius 2 is 0.705 bits per heavy atom. The lowest BCUT2D eigenvalue weighted by Gasteiger charge is -2.34. The van der Waals surface area contributed by atoms with Crippen LogP contribution in [0, 0.1) is 34.6 Å². The van der Waals surface area contributed by atoms with Gasteiger partial charge in [0.05, 0.1) is 129 Å². The molecule has 0 unspecified atom stereocenters. The van der Waals surface area contributed by atoms with E-state index in [0.29, 0.717) is 154 Å². The molecule has 0 saturated carbocycles. The van der Waals surface area contributed by atoms with E-state index in [1.165, 1.54) is 0 Å². The molecule has 0 aliphatic carbocycles.